The van der Waals surface area contributed by atoms with Gasteiger partial charge >= 0.3 is 6.18 Å². The Morgan fingerprint density at radius 3 is 2.27 bits per heavy atom. The van der Waals surface area contributed by atoms with Gasteiger partial charge in [-0.1, -0.05) is 36.4 Å². The topological polar surface area (TPSA) is 69.0 Å². The number of hydrogen-bond acceptors (Lipinski definition) is 4. The molecule has 2 aromatic heterocycles. The number of carbonyl (C=O) groups excluding carboxylic acids is 1. The maximum Gasteiger partial charge on any atom is 0.433 e. The number of pyridine rings is 1. The van der Waals surface area contributed by atoms with E-state index in [1.807, 2.05) is 0 Å². The second kappa shape index (κ2) is 7.10. The highest BCUT2D eigenvalue weighted by molar-refractivity contribution is 7.90. The molecular weight excluding hydrogens is 417 g/mol. The number of aromatic nitrogens is 2. The highest BCUT2D eigenvalue weighted by atomic mass is 32.2. The van der Waals surface area contributed by atoms with Gasteiger partial charge in [-0.25, -0.2) is 12.4 Å². The molecule has 0 aliphatic rings. The molecule has 0 aliphatic heterocycles. The fourth-order valence-corrected chi connectivity index (χ4v) is 4.65. The van der Waals surface area contributed by atoms with E-state index in [0.29, 0.717) is 11.5 Å². The summed E-state index contributed by atoms with van der Waals surface area (Å²) in [7, 11) is -4.19. The normalized spacial score (nSPS) is 12.2. The minimum absolute atomic E-state index is 0.0499. The van der Waals surface area contributed by atoms with Crippen molar-refractivity contribution in [2.45, 2.75) is 11.1 Å². The molecule has 2 heterocycles. The van der Waals surface area contributed by atoms with Crippen molar-refractivity contribution >= 4 is 26.7 Å². The van der Waals surface area contributed by atoms with Crippen molar-refractivity contribution in [2.75, 3.05) is 0 Å². The minimum atomic E-state index is -4.74. The van der Waals surface area contributed by atoms with Gasteiger partial charge in [0.25, 0.3) is 10.0 Å². The van der Waals surface area contributed by atoms with Crippen LogP contribution in [0.1, 0.15) is 21.7 Å². The molecule has 0 saturated heterocycles. The van der Waals surface area contributed by atoms with E-state index in [1.54, 1.807) is 36.4 Å². The maximum absolute atomic E-state index is 13.3. The Bertz CT molecular complexity index is 1360. The quantitative estimate of drug-likeness (QED) is 0.447. The summed E-state index contributed by atoms with van der Waals surface area (Å²) in [5, 5.41) is 0.463. The molecule has 4 rings (SSSR count). The lowest BCUT2D eigenvalue weighted by Crippen LogP contribution is -2.19. The minimum Gasteiger partial charge on any atom is -0.287 e. The lowest BCUT2D eigenvalue weighted by molar-refractivity contribution is -0.141. The summed E-state index contributed by atoms with van der Waals surface area (Å²) in [4.78, 5) is 16.3. The zero-order valence-electron chi connectivity index (χ0n) is 15.2. The first-order valence-corrected chi connectivity index (χ1v) is 10.1. The summed E-state index contributed by atoms with van der Waals surface area (Å²) in [6.07, 6.45) is -3.87. The van der Waals surface area contributed by atoms with Gasteiger partial charge in [-0.05, 0) is 36.4 Å². The summed E-state index contributed by atoms with van der Waals surface area (Å²) in [5.74, 6) is -0.862. The van der Waals surface area contributed by atoms with Gasteiger partial charge in [0, 0.05) is 17.1 Å². The molecule has 30 heavy (non-hydrogen) atoms. The van der Waals surface area contributed by atoms with Crippen LogP contribution in [0.5, 0.6) is 0 Å². The predicted octanol–water partition coefficient (Wildman–Crippen LogP) is 4.52. The van der Waals surface area contributed by atoms with Crippen molar-refractivity contribution in [1.82, 2.24) is 8.96 Å². The summed E-state index contributed by atoms with van der Waals surface area (Å²) >= 11 is 0. The van der Waals surface area contributed by atoms with Crippen molar-refractivity contribution in [2.24, 2.45) is 0 Å². The lowest BCUT2D eigenvalue weighted by Gasteiger charge is -2.12. The Morgan fingerprint density at radius 1 is 0.900 bits per heavy atom. The number of carbonyl (C=O) groups is 1. The van der Waals surface area contributed by atoms with Gasteiger partial charge in [0.05, 0.1) is 10.4 Å². The van der Waals surface area contributed by atoms with E-state index < -0.39 is 27.7 Å². The molecule has 0 radical (unpaired) electrons. The maximum atomic E-state index is 13.3. The molecule has 0 spiro atoms. The first kappa shape index (κ1) is 19.8. The lowest BCUT2D eigenvalue weighted by atomic mass is 10.1. The standard InChI is InChI=1S/C21H13F3N2O3S/c22-21(23,24)19-13-15(10-11-25-19)20(27)18-12-14-6-4-5-9-17(14)26(18)30(28,29)16-7-2-1-3-8-16/h1-13H. The summed E-state index contributed by atoms with van der Waals surface area (Å²) < 4.78 is 66.5. The van der Waals surface area contributed by atoms with E-state index in [0.717, 1.165) is 16.2 Å². The molecule has 0 aliphatic carbocycles. The number of hydrogen-bond donors (Lipinski definition) is 0. The van der Waals surface area contributed by atoms with Gasteiger partial charge in [0.1, 0.15) is 11.4 Å². The van der Waals surface area contributed by atoms with Gasteiger partial charge in [0.15, 0.2) is 0 Å². The third-order valence-electron chi connectivity index (χ3n) is 4.49. The van der Waals surface area contributed by atoms with Crippen LogP contribution in [0.4, 0.5) is 13.2 Å². The fourth-order valence-electron chi connectivity index (χ4n) is 3.12. The second-order valence-electron chi connectivity index (χ2n) is 6.43. The molecule has 0 unspecified atom stereocenters. The zero-order chi connectivity index (χ0) is 21.5. The number of alkyl halides is 3. The van der Waals surface area contributed by atoms with E-state index in [1.165, 1.54) is 24.3 Å². The van der Waals surface area contributed by atoms with Crippen LogP contribution in [0.25, 0.3) is 10.9 Å². The number of rotatable bonds is 4. The van der Waals surface area contributed by atoms with Gasteiger partial charge in [0.2, 0.25) is 5.78 Å². The number of benzene rings is 2. The van der Waals surface area contributed by atoms with Gasteiger partial charge in [-0.15, -0.1) is 0 Å². The molecule has 152 valence electrons. The molecule has 0 bridgehead atoms. The second-order valence-corrected chi connectivity index (χ2v) is 8.21. The number of ketones is 1. The Morgan fingerprint density at radius 2 is 1.57 bits per heavy atom. The van der Waals surface area contributed by atoms with Gasteiger partial charge < -0.3 is 0 Å². The van der Waals surface area contributed by atoms with Gasteiger partial charge in [-0.3, -0.25) is 9.78 Å². The molecule has 0 amide bonds. The number of para-hydroxylation sites is 1. The summed E-state index contributed by atoms with van der Waals surface area (Å²) in [5.41, 5.74) is -1.57. The predicted molar refractivity (Wildman–Crippen MR) is 104 cm³/mol. The third kappa shape index (κ3) is 3.37. The van der Waals surface area contributed by atoms with Crippen molar-refractivity contribution < 1.29 is 26.4 Å². The van der Waals surface area contributed by atoms with Crippen LogP contribution in [0, 0.1) is 0 Å². The highest BCUT2D eigenvalue weighted by Gasteiger charge is 2.34. The smallest absolute Gasteiger partial charge is 0.287 e. The number of halogens is 3. The molecule has 0 fully saturated rings. The van der Waals surface area contributed by atoms with Crippen LogP contribution in [0.2, 0.25) is 0 Å². The number of nitrogens with zero attached hydrogens (tertiary/aromatic N) is 2. The Kier molecular flexibility index (Phi) is 4.70. The molecule has 5 nitrogen and oxygen atoms in total. The van der Waals surface area contributed by atoms with E-state index in [2.05, 4.69) is 4.98 Å². The van der Waals surface area contributed by atoms with E-state index in [4.69, 9.17) is 0 Å². The van der Waals surface area contributed by atoms with Crippen LogP contribution in [-0.2, 0) is 16.2 Å². The zero-order valence-corrected chi connectivity index (χ0v) is 16.0. The van der Waals surface area contributed by atoms with Crippen LogP contribution in [-0.4, -0.2) is 23.2 Å². The Labute approximate surface area is 169 Å². The third-order valence-corrected chi connectivity index (χ3v) is 6.24. The average molecular weight is 430 g/mol. The van der Waals surface area contributed by atoms with E-state index in [-0.39, 0.29) is 21.7 Å². The van der Waals surface area contributed by atoms with Crippen molar-refractivity contribution in [3.63, 3.8) is 0 Å². The van der Waals surface area contributed by atoms with Crippen molar-refractivity contribution in [3.05, 3.63) is 95.9 Å². The van der Waals surface area contributed by atoms with E-state index >= 15 is 0 Å². The van der Waals surface area contributed by atoms with Crippen LogP contribution in [0.15, 0.2) is 83.9 Å². The molecular formula is C21H13F3N2O3S. The van der Waals surface area contributed by atoms with Crippen LogP contribution in [0.3, 0.4) is 0 Å². The molecule has 0 N–H and O–H groups in total. The van der Waals surface area contributed by atoms with Crippen molar-refractivity contribution in [1.29, 1.82) is 0 Å². The molecule has 9 heteroatoms. The molecule has 4 aromatic rings. The van der Waals surface area contributed by atoms with Crippen molar-refractivity contribution in [3.8, 4) is 0 Å². The Hall–Kier alpha value is -3.46. The van der Waals surface area contributed by atoms with Crippen LogP contribution >= 0.6 is 0 Å². The van der Waals surface area contributed by atoms with Crippen LogP contribution < -0.4 is 0 Å². The average Bonchev–Trinajstić information content (AvgIpc) is 3.14. The molecule has 2 aromatic carbocycles. The summed E-state index contributed by atoms with van der Waals surface area (Å²) in [6.45, 7) is 0. The van der Waals surface area contributed by atoms with Gasteiger partial charge in [-0.2, -0.15) is 13.2 Å². The number of fused-ring (bicyclic) bond motifs is 1. The highest BCUT2D eigenvalue weighted by Crippen LogP contribution is 2.30. The molecule has 0 atom stereocenters. The molecule has 0 saturated carbocycles. The first-order valence-electron chi connectivity index (χ1n) is 8.68. The SMILES string of the molecule is O=C(c1ccnc(C(F)(F)F)c1)c1cc2ccccc2n1S(=O)(=O)c1ccccc1. The van der Waals surface area contributed by atoms with E-state index in [9.17, 15) is 26.4 Å². The first-order chi connectivity index (χ1) is 14.2. The fraction of sp³-hybridized carbons (Fsp3) is 0.0476. The monoisotopic (exact) mass is 430 g/mol. The Balaban J connectivity index is 1.95. The summed E-state index contributed by atoms with van der Waals surface area (Å²) in [6, 6.07) is 17.0. The largest absolute Gasteiger partial charge is 0.433 e.